The number of hydrogen-bond acceptors (Lipinski definition) is 6. The van der Waals surface area contributed by atoms with E-state index in [1.807, 2.05) is 38.1 Å². The molecular formula is C21H16ClN3O3S. The molecule has 0 amide bonds. The van der Waals surface area contributed by atoms with E-state index in [9.17, 15) is 9.59 Å². The average molecular weight is 426 g/mol. The fourth-order valence-electron chi connectivity index (χ4n) is 3.11. The third kappa shape index (κ3) is 3.79. The molecule has 0 aliphatic rings. The lowest BCUT2D eigenvalue weighted by molar-refractivity contribution is -0.131. The highest BCUT2D eigenvalue weighted by molar-refractivity contribution is 7.15. The number of nitrogens with zero attached hydrogens (tertiary/aromatic N) is 3. The minimum absolute atomic E-state index is 0.231. The van der Waals surface area contributed by atoms with Gasteiger partial charge in [0.2, 0.25) is 4.96 Å². The predicted molar refractivity (Wildman–Crippen MR) is 114 cm³/mol. The maximum atomic E-state index is 12.8. The lowest BCUT2D eigenvalue weighted by Gasteiger charge is -2.10. The molecule has 146 valence electrons. The van der Waals surface area contributed by atoms with Gasteiger partial charge < -0.3 is 4.74 Å². The van der Waals surface area contributed by atoms with Gasteiger partial charge in [0.15, 0.2) is 5.82 Å². The number of halogens is 1. The summed E-state index contributed by atoms with van der Waals surface area (Å²) in [6.07, 6.45) is 1.79. The highest BCUT2D eigenvalue weighted by Gasteiger charge is 2.13. The van der Waals surface area contributed by atoms with Crippen molar-refractivity contribution in [3.63, 3.8) is 0 Å². The SMILES string of the molecule is CC(=O)Oc1c(C)cc(C=c2sc3nc(-c4cccc(Cl)c4)nn3c2=O)cc1C. The van der Waals surface area contributed by atoms with Crippen LogP contribution >= 0.6 is 22.9 Å². The van der Waals surface area contributed by atoms with Crippen LogP contribution in [0, 0.1) is 13.8 Å². The van der Waals surface area contributed by atoms with Gasteiger partial charge in [0.05, 0.1) is 4.53 Å². The average Bonchev–Trinajstić information content (AvgIpc) is 3.18. The van der Waals surface area contributed by atoms with Gasteiger partial charge in [-0.1, -0.05) is 35.1 Å². The number of aryl methyl sites for hydroxylation is 2. The number of ether oxygens (including phenoxy) is 1. The van der Waals surface area contributed by atoms with Crippen LogP contribution in [-0.4, -0.2) is 20.6 Å². The van der Waals surface area contributed by atoms with E-state index in [1.54, 1.807) is 18.2 Å². The molecule has 8 heteroatoms. The molecule has 0 bridgehead atoms. The standard InChI is InChI=1S/C21H16ClN3O3S/c1-11-7-14(8-12(2)18(11)28-13(3)26)9-17-20(27)25-21(29-17)23-19(24-25)15-5-4-6-16(22)10-15/h4-10H,1-3H3. The molecule has 0 saturated heterocycles. The summed E-state index contributed by atoms with van der Waals surface area (Å²) in [4.78, 5) is 29.0. The van der Waals surface area contributed by atoms with Crippen molar-refractivity contribution >= 4 is 39.9 Å². The topological polar surface area (TPSA) is 73.6 Å². The molecule has 0 radical (unpaired) electrons. The third-order valence-corrected chi connectivity index (χ3v) is 5.49. The van der Waals surface area contributed by atoms with Crippen molar-refractivity contribution in [2.75, 3.05) is 0 Å². The van der Waals surface area contributed by atoms with Crippen molar-refractivity contribution in [2.24, 2.45) is 0 Å². The van der Waals surface area contributed by atoms with E-state index in [4.69, 9.17) is 16.3 Å². The van der Waals surface area contributed by atoms with E-state index in [-0.39, 0.29) is 11.5 Å². The first-order valence-electron chi connectivity index (χ1n) is 8.79. The first kappa shape index (κ1) is 19.3. The minimum atomic E-state index is -0.365. The molecule has 0 unspecified atom stereocenters. The monoisotopic (exact) mass is 425 g/mol. The second-order valence-corrected chi connectivity index (χ2v) is 8.08. The molecule has 0 atom stereocenters. The highest BCUT2D eigenvalue weighted by Crippen LogP contribution is 2.25. The van der Waals surface area contributed by atoms with Crippen LogP contribution in [0.5, 0.6) is 5.75 Å². The number of carbonyl (C=O) groups excluding carboxylic acids is 1. The number of aromatic nitrogens is 3. The molecule has 29 heavy (non-hydrogen) atoms. The normalized spacial score (nSPS) is 11.9. The Hall–Kier alpha value is -3.03. The summed E-state index contributed by atoms with van der Waals surface area (Å²) in [7, 11) is 0. The second-order valence-electron chi connectivity index (χ2n) is 6.63. The maximum absolute atomic E-state index is 12.8. The van der Waals surface area contributed by atoms with E-state index in [0.717, 1.165) is 22.3 Å². The number of esters is 1. The summed E-state index contributed by atoms with van der Waals surface area (Å²) in [5.41, 5.74) is 3.01. The molecule has 4 rings (SSSR count). The number of hydrogen-bond donors (Lipinski definition) is 0. The lowest BCUT2D eigenvalue weighted by atomic mass is 10.1. The molecule has 2 aromatic heterocycles. The fourth-order valence-corrected chi connectivity index (χ4v) is 4.20. The number of fused-ring (bicyclic) bond motifs is 1. The molecule has 6 nitrogen and oxygen atoms in total. The molecule has 2 heterocycles. The third-order valence-electron chi connectivity index (χ3n) is 4.29. The Kier molecular flexibility index (Phi) is 4.94. The summed E-state index contributed by atoms with van der Waals surface area (Å²) in [5, 5.41) is 4.92. The van der Waals surface area contributed by atoms with Gasteiger partial charge >= 0.3 is 5.97 Å². The number of rotatable bonds is 3. The first-order valence-corrected chi connectivity index (χ1v) is 9.98. The molecule has 0 fully saturated rings. The zero-order valence-corrected chi connectivity index (χ0v) is 17.5. The van der Waals surface area contributed by atoms with Crippen LogP contribution in [0.1, 0.15) is 23.6 Å². The fraction of sp³-hybridized carbons (Fsp3) is 0.143. The molecule has 0 aliphatic carbocycles. The van der Waals surface area contributed by atoms with Crippen molar-refractivity contribution in [1.29, 1.82) is 0 Å². The van der Waals surface area contributed by atoms with E-state index >= 15 is 0 Å². The van der Waals surface area contributed by atoms with Crippen molar-refractivity contribution < 1.29 is 9.53 Å². The number of carbonyl (C=O) groups is 1. The Labute approximate surface area is 175 Å². The van der Waals surface area contributed by atoms with Crippen molar-refractivity contribution in [3.8, 4) is 17.1 Å². The summed E-state index contributed by atoms with van der Waals surface area (Å²) in [5.74, 6) is 0.640. The van der Waals surface area contributed by atoms with Crippen LogP contribution in [0.4, 0.5) is 0 Å². The summed E-state index contributed by atoms with van der Waals surface area (Å²) in [6.45, 7) is 5.09. The van der Waals surface area contributed by atoms with Gasteiger partial charge in [-0.05, 0) is 60.9 Å². The van der Waals surface area contributed by atoms with Crippen LogP contribution in [0.2, 0.25) is 5.02 Å². The first-order chi connectivity index (χ1) is 13.8. The van der Waals surface area contributed by atoms with Crippen LogP contribution < -0.4 is 14.8 Å². The Morgan fingerprint density at radius 3 is 2.55 bits per heavy atom. The Balaban J connectivity index is 1.76. The number of benzene rings is 2. The molecular weight excluding hydrogens is 410 g/mol. The Morgan fingerprint density at radius 2 is 1.93 bits per heavy atom. The van der Waals surface area contributed by atoms with E-state index in [2.05, 4.69) is 10.1 Å². The van der Waals surface area contributed by atoms with E-state index in [1.165, 1.54) is 22.8 Å². The smallest absolute Gasteiger partial charge is 0.308 e. The van der Waals surface area contributed by atoms with Gasteiger partial charge in [-0.2, -0.15) is 9.50 Å². The Morgan fingerprint density at radius 1 is 1.21 bits per heavy atom. The highest BCUT2D eigenvalue weighted by atomic mass is 35.5. The summed E-state index contributed by atoms with van der Waals surface area (Å²) >= 11 is 7.29. The van der Waals surface area contributed by atoms with Crippen molar-refractivity contribution in [2.45, 2.75) is 20.8 Å². The zero-order valence-electron chi connectivity index (χ0n) is 15.9. The summed E-state index contributed by atoms with van der Waals surface area (Å²) < 4.78 is 7.09. The van der Waals surface area contributed by atoms with Gasteiger partial charge in [-0.25, -0.2) is 0 Å². The molecule has 0 spiro atoms. The molecule has 0 N–H and O–H groups in total. The molecule has 2 aromatic carbocycles. The lowest BCUT2D eigenvalue weighted by Crippen LogP contribution is -2.23. The van der Waals surface area contributed by atoms with Gasteiger partial charge in [0, 0.05) is 17.5 Å². The zero-order chi connectivity index (χ0) is 20.7. The van der Waals surface area contributed by atoms with Gasteiger partial charge in [0.1, 0.15) is 5.75 Å². The van der Waals surface area contributed by atoms with Crippen molar-refractivity contribution in [3.05, 3.63) is 73.0 Å². The van der Waals surface area contributed by atoms with Crippen molar-refractivity contribution in [1.82, 2.24) is 14.6 Å². The van der Waals surface area contributed by atoms with Crippen LogP contribution in [0.3, 0.4) is 0 Å². The van der Waals surface area contributed by atoms with E-state index < -0.39 is 0 Å². The van der Waals surface area contributed by atoms with Gasteiger partial charge in [-0.3, -0.25) is 9.59 Å². The molecule has 0 aliphatic heterocycles. The van der Waals surface area contributed by atoms with Crippen LogP contribution in [-0.2, 0) is 4.79 Å². The second kappa shape index (κ2) is 7.42. The Bertz CT molecular complexity index is 1350. The minimum Gasteiger partial charge on any atom is -0.426 e. The quantitative estimate of drug-likeness (QED) is 0.370. The molecule has 0 saturated carbocycles. The van der Waals surface area contributed by atoms with E-state index in [0.29, 0.717) is 26.1 Å². The van der Waals surface area contributed by atoms with Gasteiger partial charge in [0.25, 0.3) is 5.56 Å². The predicted octanol–water partition coefficient (Wildman–Crippen LogP) is 3.56. The van der Waals surface area contributed by atoms with Crippen LogP contribution in [0.15, 0.2) is 41.2 Å². The number of thiazole rings is 1. The van der Waals surface area contributed by atoms with Gasteiger partial charge in [-0.15, -0.1) is 5.10 Å². The largest absolute Gasteiger partial charge is 0.426 e. The maximum Gasteiger partial charge on any atom is 0.308 e. The van der Waals surface area contributed by atoms with Crippen LogP contribution in [0.25, 0.3) is 22.4 Å². The summed E-state index contributed by atoms with van der Waals surface area (Å²) in [6, 6.07) is 10.9. The molecule has 4 aromatic rings.